The van der Waals surface area contributed by atoms with Gasteiger partial charge in [0.05, 0.1) is 6.54 Å². The van der Waals surface area contributed by atoms with Crippen LogP contribution in [0.3, 0.4) is 0 Å². The van der Waals surface area contributed by atoms with E-state index in [1.807, 2.05) is 4.90 Å². The van der Waals surface area contributed by atoms with Crippen LogP contribution in [0.15, 0.2) is 4.42 Å². The van der Waals surface area contributed by atoms with Gasteiger partial charge < -0.3 is 15.1 Å². The predicted molar refractivity (Wildman–Crippen MR) is 48.5 cm³/mol. The number of hydrogen-bond donors (Lipinski definition) is 1. The van der Waals surface area contributed by atoms with Gasteiger partial charge in [-0.1, -0.05) is 5.10 Å². The van der Waals surface area contributed by atoms with E-state index in [0.29, 0.717) is 37.8 Å². The molecule has 2 rings (SSSR count). The average Bonchev–Trinajstić information content (AvgIpc) is 2.67. The zero-order valence-corrected chi connectivity index (χ0v) is 7.82. The molecule has 2 heterocycles. The Labute approximate surface area is 81.1 Å². The number of aromatic nitrogens is 2. The highest BCUT2D eigenvalue weighted by molar-refractivity contribution is 5.24. The maximum Gasteiger partial charge on any atom is 0.318 e. The summed E-state index contributed by atoms with van der Waals surface area (Å²) in [6.07, 6.45) is 0.365. The molecule has 5 nitrogen and oxygen atoms in total. The lowest BCUT2D eigenvalue weighted by atomic mass is 10.1. The molecule has 0 aliphatic carbocycles. The second-order valence-electron chi connectivity index (χ2n) is 3.34. The molecule has 0 aromatic carbocycles. The number of halogens is 1. The van der Waals surface area contributed by atoms with Gasteiger partial charge in [0.25, 0.3) is 0 Å². The van der Waals surface area contributed by atoms with E-state index in [0.717, 1.165) is 0 Å². The van der Waals surface area contributed by atoms with Crippen molar-refractivity contribution in [3.05, 3.63) is 5.89 Å². The third-order valence-corrected chi connectivity index (χ3v) is 2.33. The maximum absolute atomic E-state index is 12.8. The van der Waals surface area contributed by atoms with E-state index in [2.05, 4.69) is 10.2 Å². The third kappa shape index (κ3) is 1.84. The Kier molecular flexibility index (Phi) is 2.62. The lowest BCUT2D eigenvalue weighted by Crippen LogP contribution is -2.34. The van der Waals surface area contributed by atoms with E-state index in [9.17, 15) is 4.39 Å². The summed E-state index contributed by atoms with van der Waals surface area (Å²) in [7, 11) is 0. The third-order valence-electron chi connectivity index (χ3n) is 2.33. The van der Waals surface area contributed by atoms with Crippen LogP contribution in [0.25, 0.3) is 0 Å². The molecule has 1 aliphatic rings. The van der Waals surface area contributed by atoms with E-state index in [-0.39, 0.29) is 6.54 Å². The van der Waals surface area contributed by atoms with Gasteiger partial charge in [-0.2, -0.15) is 0 Å². The molecule has 1 aromatic heterocycles. The second-order valence-corrected chi connectivity index (χ2v) is 3.34. The fraction of sp³-hybridized carbons (Fsp3) is 0.750. The number of piperidine rings is 1. The molecule has 1 aromatic rings. The van der Waals surface area contributed by atoms with Crippen LogP contribution in [-0.4, -0.2) is 29.5 Å². The highest BCUT2D eigenvalue weighted by Gasteiger charge is 2.22. The zero-order valence-electron chi connectivity index (χ0n) is 7.82. The second kappa shape index (κ2) is 3.91. The number of nitrogens with two attached hydrogens (primary N) is 1. The van der Waals surface area contributed by atoms with Gasteiger partial charge in [-0.15, -0.1) is 5.10 Å². The fourth-order valence-electron chi connectivity index (χ4n) is 1.49. The highest BCUT2D eigenvalue weighted by Crippen LogP contribution is 2.19. The van der Waals surface area contributed by atoms with Crippen molar-refractivity contribution in [2.45, 2.75) is 25.6 Å². The van der Waals surface area contributed by atoms with Crippen LogP contribution in [0.2, 0.25) is 0 Å². The van der Waals surface area contributed by atoms with E-state index in [4.69, 9.17) is 10.2 Å². The number of anilines is 1. The van der Waals surface area contributed by atoms with Crippen molar-refractivity contribution in [3.8, 4) is 0 Å². The molecule has 0 saturated carbocycles. The largest absolute Gasteiger partial charge is 0.407 e. The van der Waals surface area contributed by atoms with Crippen LogP contribution in [0.1, 0.15) is 18.7 Å². The summed E-state index contributed by atoms with van der Waals surface area (Å²) in [6.45, 7) is 1.51. The predicted octanol–water partition coefficient (Wildman–Crippen LogP) is 0.467. The van der Waals surface area contributed by atoms with Gasteiger partial charge in [0.1, 0.15) is 6.17 Å². The minimum absolute atomic E-state index is 0.243. The maximum atomic E-state index is 12.8. The van der Waals surface area contributed by atoms with Crippen LogP contribution in [-0.2, 0) is 6.54 Å². The first kappa shape index (κ1) is 9.39. The lowest BCUT2D eigenvalue weighted by Gasteiger charge is -2.26. The van der Waals surface area contributed by atoms with Gasteiger partial charge in [-0.3, -0.25) is 0 Å². The van der Waals surface area contributed by atoms with Crippen LogP contribution in [0.4, 0.5) is 10.4 Å². The average molecular weight is 200 g/mol. The Morgan fingerprint density at radius 1 is 1.43 bits per heavy atom. The molecule has 0 atom stereocenters. The zero-order chi connectivity index (χ0) is 9.97. The smallest absolute Gasteiger partial charge is 0.318 e. The Bertz CT molecular complexity index is 295. The Hall–Kier alpha value is -1.17. The van der Waals surface area contributed by atoms with Crippen molar-refractivity contribution in [2.24, 2.45) is 5.73 Å². The lowest BCUT2D eigenvalue weighted by molar-refractivity contribution is 0.272. The number of nitrogens with zero attached hydrogens (tertiary/aromatic N) is 3. The van der Waals surface area contributed by atoms with Crippen LogP contribution >= 0.6 is 0 Å². The molecule has 0 radical (unpaired) electrons. The molecule has 1 fully saturated rings. The summed E-state index contributed by atoms with van der Waals surface area (Å²) in [5.41, 5.74) is 5.34. The van der Waals surface area contributed by atoms with E-state index in [1.54, 1.807) is 0 Å². The van der Waals surface area contributed by atoms with Gasteiger partial charge in [0.2, 0.25) is 5.89 Å². The Morgan fingerprint density at radius 2 is 2.14 bits per heavy atom. The molecule has 0 amide bonds. The molecule has 6 heteroatoms. The minimum Gasteiger partial charge on any atom is -0.407 e. The first-order chi connectivity index (χ1) is 6.79. The summed E-state index contributed by atoms with van der Waals surface area (Å²) < 4.78 is 18.1. The first-order valence-electron chi connectivity index (χ1n) is 4.71. The standard InChI is InChI=1S/C8H13FN4O/c9-6-1-3-13(4-2-6)8-12-11-7(5-10)14-8/h6H,1-5,10H2. The van der Waals surface area contributed by atoms with Crippen LogP contribution < -0.4 is 10.6 Å². The van der Waals surface area contributed by atoms with Crippen molar-refractivity contribution in [1.29, 1.82) is 0 Å². The normalized spacial score (nSPS) is 18.9. The number of alkyl halides is 1. The van der Waals surface area contributed by atoms with Crippen molar-refractivity contribution in [1.82, 2.24) is 10.2 Å². The summed E-state index contributed by atoms with van der Waals surface area (Å²) in [5, 5.41) is 7.59. The number of hydrogen-bond acceptors (Lipinski definition) is 5. The fourth-order valence-corrected chi connectivity index (χ4v) is 1.49. The minimum atomic E-state index is -0.692. The summed E-state index contributed by atoms with van der Waals surface area (Å²) in [5.74, 6) is 0.419. The molecule has 1 aliphatic heterocycles. The van der Waals surface area contributed by atoms with Crippen molar-refractivity contribution in [2.75, 3.05) is 18.0 Å². The highest BCUT2D eigenvalue weighted by atomic mass is 19.1. The summed E-state index contributed by atoms with van der Waals surface area (Å²) in [6, 6.07) is 0.456. The van der Waals surface area contributed by atoms with Gasteiger partial charge in [0.15, 0.2) is 0 Å². The molecular weight excluding hydrogens is 187 g/mol. The van der Waals surface area contributed by atoms with Crippen LogP contribution in [0, 0.1) is 0 Å². The van der Waals surface area contributed by atoms with Crippen molar-refractivity contribution < 1.29 is 8.81 Å². The van der Waals surface area contributed by atoms with Gasteiger partial charge in [-0.25, -0.2) is 4.39 Å². The first-order valence-corrected chi connectivity index (χ1v) is 4.71. The molecular formula is C8H13FN4O. The molecule has 78 valence electrons. The molecule has 2 N–H and O–H groups in total. The molecule has 14 heavy (non-hydrogen) atoms. The Balaban J connectivity index is 2.01. The SMILES string of the molecule is NCc1nnc(N2CCC(F)CC2)o1. The van der Waals surface area contributed by atoms with Crippen molar-refractivity contribution in [3.63, 3.8) is 0 Å². The molecule has 1 saturated heterocycles. The number of rotatable bonds is 2. The van der Waals surface area contributed by atoms with E-state index < -0.39 is 6.17 Å². The van der Waals surface area contributed by atoms with E-state index in [1.165, 1.54) is 0 Å². The summed E-state index contributed by atoms with van der Waals surface area (Å²) in [4.78, 5) is 1.89. The molecule has 0 unspecified atom stereocenters. The quantitative estimate of drug-likeness (QED) is 0.751. The monoisotopic (exact) mass is 200 g/mol. The molecule has 0 bridgehead atoms. The Morgan fingerprint density at radius 3 is 2.71 bits per heavy atom. The topological polar surface area (TPSA) is 68.2 Å². The van der Waals surface area contributed by atoms with Crippen molar-refractivity contribution >= 4 is 6.01 Å². The molecule has 0 spiro atoms. The summed E-state index contributed by atoms with van der Waals surface area (Å²) >= 11 is 0. The van der Waals surface area contributed by atoms with E-state index >= 15 is 0 Å². The van der Waals surface area contributed by atoms with Gasteiger partial charge in [0, 0.05) is 13.1 Å². The van der Waals surface area contributed by atoms with Gasteiger partial charge in [-0.05, 0) is 12.8 Å². The van der Waals surface area contributed by atoms with Crippen LogP contribution in [0.5, 0.6) is 0 Å². The van der Waals surface area contributed by atoms with Gasteiger partial charge >= 0.3 is 6.01 Å².